The summed E-state index contributed by atoms with van der Waals surface area (Å²) in [6, 6.07) is 9.96. The summed E-state index contributed by atoms with van der Waals surface area (Å²) in [6.45, 7) is 0. The van der Waals surface area contributed by atoms with Crippen molar-refractivity contribution >= 4 is 17.3 Å². The number of rotatable bonds is 4. The number of methoxy groups -OCH3 is 1. The van der Waals surface area contributed by atoms with Crippen LogP contribution in [0.5, 0.6) is 5.75 Å². The number of carboxylic acid groups (broad SMARTS) is 1. The number of nitro benzene ring substituents is 1. The fourth-order valence-electron chi connectivity index (χ4n) is 4.10. The molecule has 0 bridgehead atoms. The van der Waals surface area contributed by atoms with Gasteiger partial charge in [0.25, 0.3) is 0 Å². The third-order valence-electron chi connectivity index (χ3n) is 5.37. The molecule has 1 aliphatic carbocycles. The second kappa shape index (κ2) is 6.42. The quantitative estimate of drug-likeness (QED) is 0.479. The molecule has 0 unspecified atom stereocenters. The van der Waals surface area contributed by atoms with Crippen molar-refractivity contribution in [2.45, 2.75) is 18.4 Å². The third-order valence-corrected chi connectivity index (χ3v) is 5.37. The van der Waals surface area contributed by atoms with Gasteiger partial charge in [0.1, 0.15) is 0 Å². The Morgan fingerprint density at radius 3 is 2.81 bits per heavy atom. The fraction of sp³-hybridized carbons (Fsp3) is 0.250. The van der Waals surface area contributed by atoms with Gasteiger partial charge in [-0.25, -0.2) is 4.79 Å². The average Bonchev–Trinajstić information content (AvgIpc) is 3.16. The zero-order valence-corrected chi connectivity index (χ0v) is 14.6. The highest BCUT2D eigenvalue weighted by Crippen LogP contribution is 2.50. The molecule has 0 spiro atoms. The highest BCUT2D eigenvalue weighted by atomic mass is 16.6. The number of nitrogens with one attached hydrogen (secondary N) is 1. The number of nitrogens with zero attached hydrogens (tertiary/aromatic N) is 1. The maximum Gasteiger partial charge on any atom is 0.335 e. The van der Waals surface area contributed by atoms with Crippen molar-refractivity contribution in [2.75, 3.05) is 12.4 Å². The number of benzene rings is 2. The first kappa shape index (κ1) is 17.1. The van der Waals surface area contributed by atoms with Crippen molar-refractivity contribution in [3.63, 3.8) is 0 Å². The van der Waals surface area contributed by atoms with E-state index in [4.69, 9.17) is 4.74 Å². The predicted molar refractivity (Wildman–Crippen MR) is 99.4 cm³/mol. The second-order valence-electron chi connectivity index (χ2n) is 6.77. The van der Waals surface area contributed by atoms with E-state index in [9.17, 15) is 20.0 Å². The van der Waals surface area contributed by atoms with Crippen LogP contribution in [0.4, 0.5) is 11.4 Å². The van der Waals surface area contributed by atoms with Crippen LogP contribution in [0.15, 0.2) is 48.6 Å². The van der Waals surface area contributed by atoms with Crippen molar-refractivity contribution in [2.24, 2.45) is 5.92 Å². The van der Waals surface area contributed by atoms with Crippen LogP contribution < -0.4 is 10.1 Å². The Morgan fingerprint density at radius 1 is 1.30 bits per heavy atom. The Balaban J connectivity index is 1.77. The minimum Gasteiger partial charge on any atom is -0.490 e. The maximum atomic E-state index is 11.4. The Hall–Kier alpha value is -3.35. The Kier molecular flexibility index (Phi) is 4.07. The first-order chi connectivity index (χ1) is 13.0. The standard InChI is InChI=1S/C20H18N2O5/c1-27-18-8-6-11(10-17(18)22(25)26)19-14-4-2-3-13(14)15-9-12(20(23)24)5-7-16(15)21-19/h2-3,5-10,13-14,19,21H,4H2,1H3,(H,23,24)/t13-,14-,19+/m0/s1. The molecule has 7 heteroatoms. The van der Waals surface area contributed by atoms with E-state index in [-0.39, 0.29) is 34.9 Å². The largest absolute Gasteiger partial charge is 0.490 e. The van der Waals surface area contributed by atoms with Gasteiger partial charge in [-0.05, 0) is 47.7 Å². The smallest absolute Gasteiger partial charge is 0.335 e. The van der Waals surface area contributed by atoms with Gasteiger partial charge >= 0.3 is 11.7 Å². The Morgan fingerprint density at radius 2 is 2.11 bits per heavy atom. The number of nitro groups is 1. The monoisotopic (exact) mass is 366 g/mol. The summed E-state index contributed by atoms with van der Waals surface area (Å²) in [6.07, 6.45) is 5.00. The van der Waals surface area contributed by atoms with Crippen molar-refractivity contribution in [3.8, 4) is 5.75 Å². The van der Waals surface area contributed by atoms with Crippen LogP contribution in [0.3, 0.4) is 0 Å². The van der Waals surface area contributed by atoms with Crippen molar-refractivity contribution in [1.82, 2.24) is 0 Å². The number of hydrogen-bond donors (Lipinski definition) is 2. The molecular formula is C20H18N2O5. The van der Waals surface area contributed by atoms with Gasteiger partial charge < -0.3 is 15.2 Å². The molecule has 0 aromatic heterocycles. The summed E-state index contributed by atoms with van der Waals surface area (Å²) in [4.78, 5) is 22.3. The molecule has 2 aromatic rings. The number of hydrogen-bond acceptors (Lipinski definition) is 5. The number of carbonyl (C=O) groups is 1. The molecular weight excluding hydrogens is 348 g/mol. The van der Waals surface area contributed by atoms with Gasteiger partial charge in [-0.3, -0.25) is 10.1 Å². The molecule has 1 heterocycles. The van der Waals surface area contributed by atoms with E-state index in [1.54, 1.807) is 30.3 Å². The van der Waals surface area contributed by atoms with Gasteiger partial charge in [0.2, 0.25) is 0 Å². The normalized spacial score (nSPS) is 22.5. The van der Waals surface area contributed by atoms with Gasteiger partial charge in [-0.15, -0.1) is 0 Å². The van der Waals surface area contributed by atoms with E-state index in [2.05, 4.69) is 17.5 Å². The van der Waals surface area contributed by atoms with Gasteiger partial charge in [0, 0.05) is 17.7 Å². The van der Waals surface area contributed by atoms with Crippen molar-refractivity contribution in [3.05, 3.63) is 75.4 Å². The maximum absolute atomic E-state index is 11.4. The highest BCUT2D eigenvalue weighted by Gasteiger charge is 2.38. The number of carboxylic acids is 1. The van der Waals surface area contributed by atoms with Gasteiger partial charge in [0.15, 0.2) is 5.75 Å². The van der Waals surface area contributed by atoms with E-state index in [0.717, 1.165) is 23.2 Å². The molecule has 2 aliphatic rings. The van der Waals surface area contributed by atoms with Crippen molar-refractivity contribution < 1.29 is 19.6 Å². The first-order valence-corrected chi connectivity index (χ1v) is 8.62. The summed E-state index contributed by atoms with van der Waals surface area (Å²) >= 11 is 0. The highest BCUT2D eigenvalue weighted by molar-refractivity contribution is 5.89. The Labute approximate surface area is 155 Å². The van der Waals surface area contributed by atoms with Gasteiger partial charge in [-0.1, -0.05) is 18.2 Å². The molecule has 7 nitrogen and oxygen atoms in total. The zero-order chi connectivity index (χ0) is 19.1. The third kappa shape index (κ3) is 2.81. The summed E-state index contributed by atoms with van der Waals surface area (Å²) in [5.41, 5.74) is 2.82. The van der Waals surface area contributed by atoms with Crippen LogP contribution in [0.1, 0.15) is 39.9 Å². The van der Waals surface area contributed by atoms with E-state index < -0.39 is 10.9 Å². The molecule has 0 fully saturated rings. The zero-order valence-electron chi connectivity index (χ0n) is 14.6. The van der Waals surface area contributed by atoms with E-state index in [0.29, 0.717) is 0 Å². The number of anilines is 1. The van der Waals surface area contributed by atoms with Gasteiger partial charge in [-0.2, -0.15) is 0 Å². The van der Waals surface area contributed by atoms with Crippen LogP contribution in [-0.2, 0) is 0 Å². The summed E-state index contributed by atoms with van der Waals surface area (Å²) in [5.74, 6) is -0.488. The lowest BCUT2D eigenvalue weighted by Crippen LogP contribution is -2.29. The minimum absolute atomic E-state index is 0.0636. The Bertz CT molecular complexity index is 969. The second-order valence-corrected chi connectivity index (χ2v) is 6.77. The summed E-state index contributed by atoms with van der Waals surface area (Å²) in [5, 5.41) is 24.1. The minimum atomic E-state index is -0.954. The molecule has 3 atom stereocenters. The molecule has 0 saturated heterocycles. The van der Waals surface area contributed by atoms with Crippen LogP contribution in [-0.4, -0.2) is 23.1 Å². The summed E-state index contributed by atoms with van der Waals surface area (Å²) in [7, 11) is 1.41. The predicted octanol–water partition coefficient (Wildman–Crippen LogP) is 4.13. The molecule has 0 saturated carbocycles. The van der Waals surface area contributed by atoms with E-state index in [1.165, 1.54) is 7.11 Å². The summed E-state index contributed by atoms with van der Waals surface area (Å²) < 4.78 is 5.10. The lowest BCUT2D eigenvalue weighted by molar-refractivity contribution is -0.385. The first-order valence-electron chi connectivity index (χ1n) is 8.62. The molecule has 138 valence electrons. The average molecular weight is 366 g/mol. The SMILES string of the molecule is COc1ccc([C@H]2Nc3ccc(C(=O)O)cc3[C@H]3C=CC[C@@H]32)cc1[N+](=O)[O-]. The van der Waals surface area contributed by atoms with E-state index >= 15 is 0 Å². The number of ether oxygens (including phenoxy) is 1. The lowest BCUT2D eigenvalue weighted by atomic mass is 9.76. The molecule has 0 radical (unpaired) electrons. The lowest BCUT2D eigenvalue weighted by Gasteiger charge is -2.37. The number of allylic oxidation sites excluding steroid dienone is 2. The fourth-order valence-corrected chi connectivity index (χ4v) is 4.10. The van der Waals surface area contributed by atoms with Crippen LogP contribution in [0.2, 0.25) is 0 Å². The molecule has 4 rings (SSSR count). The van der Waals surface area contributed by atoms with Crippen LogP contribution >= 0.6 is 0 Å². The topological polar surface area (TPSA) is 102 Å². The van der Waals surface area contributed by atoms with E-state index in [1.807, 2.05) is 6.07 Å². The molecule has 27 heavy (non-hydrogen) atoms. The molecule has 1 aliphatic heterocycles. The molecule has 0 amide bonds. The van der Waals surface area contributed by atoms with Gasteiger partial charge in [0.05, 0.1) is 23.6 Å². The number of fused-ring (bicyclic) bond motifs is 3. The van der Waals surface area contributed by atoms with Crippen LogP contribution in [0.25, 0.3) is 0 Å². The van der Waals surface area contributed by atoms with Crippen molar-refractivity contribution in [1.29, 1.82) is 0 Å². The number of aromatic carboxylic acids is 1. The van der Waals surface area contributed by atoms with Crippen LogP contribution in [0, 0.1) is 16.0 Å². The molecule has 2 aromatic carbocycles. The molecule has 2 N–H and O–H groups in total.